The van der Waals surface area contributed by atoms with Gasteiger partial charge in [0.1, 0.15) is 4.21 Å². The zero-order valence-electron chi connectivity index (χ0n) is 12.8. The molecule has 1 saturated heterocycles. The van der Waals surface area contributed by atoms with Gasteiger partial charge in [-0.1, -0.05) is 0 Å². The first-order valence-electron chi connectivity index (χ1n) is 7.00. The number of ether oxygens (including phenoxy) is 1. The molecule has 2 heterocycles. The number of hydrogen-bond acceptors (Lipinski definition) is 5. The van der Waals surface area contributed by atoms with E-state index in [1.165, 1.54) is 17.4 Å². The number of rotatable bonds is 5. The number of nitrogens with zero attached hydrogens (tertiary/aromatic N) is 2. The molecular formula is C13H22N4O3S2. The molecule has 1 aliphatic heterocycles. The van der Waals surface area contributed by atoms with Crippen molar-refractivity contribution in [3.05, 3.63) is 17.0 Å². The van der Waals surface area contributed by atoms with Crippen LogP contribution in [0, 0.1) is 5.92 Å². The highest BCUT2D eigenvalue weighted by Crippen LogP contribution is 2.20. The molecule has 2 rings (SSSR count). The summed E-state index contributed by atoms with van der Waals surface area (Å²) in [5.74, 6) is 1.35. The van der Waals surface area contributed by atoms with Crippen LogP contribution in [0.2, 0.25) is 0 Å². The van der Waals surface area contributed by atoms with Gasteiger partial charge in [0.05, 0.1) is 13.2 Å². The van der Waals surface area contributed by atoms with E-state index in [-0.39, 0.29) is 4.21 Å². The maximum atomic E-state index is 11.3. The standard InChI is InChI=1S/C13H22N4O3S2/c1-15-13(17-6-5-10(8-17)9-20-2)16-7-11-3-4-12(21-11)22(14,18)19/h3-4,10H,5-9H2,1-2H3,(H,15,16)(H2,14,18,19). The van der Waals surface area contributed by atoms with Crippen molar-refractivity contribution in [1.82, 2.24) is 10.2 Å². The number of hydrogen-bond donors (Lipinski definition) is 2. The second kappa shape index (κ2) is 7.40. The van der Waals surface area contributed by atoms with E-state index in [4.69, 9.17) is 9.88 Å². The van der Waals surface area contributed by atoms with Crippen molar-refractivity contribution in [2.24, 2.45) is 16.0 Å². The topological polar surface area (TPSA) is 97.0 Å². The van der Waals surface area contributed by atoms with Crippen LogP contribution in [-0.4, -0.2) is 53.1 Å². The highest BCUT2D eigenvalue weighted by Gasteiger charge is 2.24. The minimum atomic E-state index is -3.62. The first kappa shape index (κ1) is 17.2. The fraction of sp³-hybridized carbons (Fsp3) is 0.615. The monoisotopic (exact) mass is 346 g/mol. The summed E-state index contributed by atoms with van der Waals surface area (Å²) >= 11 is 1.17. The predicted molar refractivity (Wildman–Crippen MR) is 87.4 cm³/mol. The smallest absolute Gasteiger partial charge is 0.247 e. The number of nitrogens with one attached hydrogen (secondary N) is 1. The minimum absolute atomic E-state index is 0.181. The van der Waals surface area contributed by atoms with Gasteiger partial charge in [-0.15, -0.1) is 11.3 Å². The third-order valence-corrected chi connectivity index (χ3v) is 6.06. The Kier molecular flexibility index (Phi) is 5.79. The summed E-state index contributed by atoms with van der Waals surface area (Å²) in [6, 6.07) is 3.30. The number of sulfonamides is 1. The third-order valence-electron chi connectivity index (χ3n) is 3.54. The van der Waals surface area contributed by atoms with Gasteiger partial charge in [-0.25, -0.2) is 13.6 Å². The van der Waals surface area contributed by atoms with Crippen molar-refractivity contribution in [3.63, 3.8) is 0 Å². The number of aliphatic imine (C=N–C) groups is 1. The lowest BCUT2D eigenvalue weighted by atomic mass is 10.1. The molecule has 0 aliphatic carbocycles. The molecule has 1 aromatic heterocycles. The van der Waals surface area contributed by atoms with Crippen LogP contribution in [0.4, 0.5) is 0 Å². The Morgan fingerprint density at radius 3 is 2.95 bits per heavy atom. The Hall–Kier alpha value is -1.16. The van der Waals surface area contributed by atoms with Crippen molar-refractivity contribution < 1.29 is 13.2 Å². The van der Waals surface area contributed by atoms with Crippen LogP contribution in [0.25, 0.3) is 0 Å². The molecule has 0 saturated carbocycles. The van der Waals surface area contributed by atoms with Crippen LogP contribution in [-0.2, 0) is 21.3 Å². The van der Waals surface area contributed by atoms with Crippen LogP contribution in [0.3, 0.4) is 0 Å². The van der Waals surface area contributed by atoms with E-state index >= 15 is 0 Å². The molecule has 1 atom stereocenters. The summed E-state index contributed by atoms with van der Waals surface area (Å²) in [4.78, 5) is 7.38. The lowest BCUT2D eigenvalue weighted by Crippen LogP contribution is -2.39. The molecular weight excluding hydrogens is 324 g/mol. The lowest BCUT2D eigenvalue weighted by Gasteiger charge is -2.21. The number of guanidine groups is 1. The average Bonchev–Trinajstić information content (AvgIpc) is 3.09. The molecule has 1 unspecified atom stereocenters. The fourth-order valence-corrected chi connectivity index (χ4v) is 4.22. The summed E-state index contributed by atoms with van der Waals surface area (Å²) < 4.78 is 27.9. The van der Waals surface area contributed by atoms with E-state index in [1.807, 2.05) is 0 Å². The van der Waals surface area contributed by atoms with Gasteiger partial charge in [-0.05, 0) is 18.6 Å². The number of primary sulfonamides is 1. The van der Waals surface area contributed by atoms with Gasteiger partial charge in [0.2, 0.25) is 10.0 Å². The van der Waals surface area contributed by atoms with Crippen molar-refractivity contribution in [1.29, 1.82) is 0 Å². The Labute approximate surface area is 135 Å². The largest absolute Gasteiger partial charge is 0.384 e. The molecule has 3 N–H and O–H groups in total. The summed E-state index contributed by atoms with van der Waals surface area (Å²) in [6.07, 6.45) is 1.09. The van der Waals surface area contributed by atoms with E-state index in [0.29, 0.717) is 12.5 Å². The minimum Gasteiger partial charge on any atom is -0.384 e. The van der Waals surface area contributed by atoms with Crippen LogP contribution in [0.15, 0.2) is 21.3 Å². The Bertz CT molecular complexity index is 627. The van der Waals surface area contributed by atoms with Crippen LogP contribution in [0.1, 0.15) is 11.3 Å². The Morgan fingerprint density at radius 2 is 2.36 bits per heavy atom. The zero-order valence-corrected chi connectivity index (χ0v) is 14.4. The normalized spacial score (nSPS) is 19.7. The molecule has 1 fully saturated rings. The van der Waals surface area contributed by atoms with Crippen molar-refractivity contribution in [2.45, 2.75) is 17.2 Å². The van der Waals surface area contributed by atoms with Crippen LogP contribution >= 0.6 is 11.3 Å². The molecule has 9 heteroatoms. The molecule has 124 valence electrons. The molecule has 0 amide bonds. The maximum absolute atomic E-state index is 11.3. The van der Waals surface area contributed by atoms with Gasteiger partial charge in [0.25, 0.3) is 0 Å². The first-order chi connectivity index (χ1) is 10.4. The van der Waals surface area contributed by atoms with Gasteiger partial charge in [-0.2, -0.15) is 0 Å². The Balaban J connectivity index is 1.91. The Morgan fingerprint density at radius 1 is 1.59 bits per heavy atom. The van der Waals surface area contributed by atoms with Gasteiger partial charge in [0, 0.05) is 38.0 Å². The maximum Gasteiger partial charge on any atom is 0.247 e. The molecule has 0 aromatic carbocycles. The molecule has 1 aliphatic rings. The van der Waals surface area contributed by atoms with E-state index < -0.39 is 10.0 Å². The molecule has 1 aromatic rings. The predicted octanol–water partition coefficient (Wildman–Crippen LogP) is 0.439. The lowest BCUT2D eigenvalue weighted by molar-refractivity contribution is 0.157. The molecule has 0 spiro atoms. The summed E-state index contributed by atoms with van der Waals surface area (Å²) in [7, 11) is -0.155. The number of methoxy groups -OCH3 is 1. The summed E-state index contributed by atoms with van der Waals surface area (Å²) in [5, 5.41) is 8.38. The van der Waals surface area contributed by atoms with Crippen LogP contribution < -0.4 is 10.5 Å². The van der Waals surface area contributed by atoms with Crippen molar-refractivity contribution in [2.75, 3.05) is 33.9 Å². The van der Waals surface area contributed by atoms with E-state index in [2.05, 4.69) is 15.2 Å². The summed E-state index contributed by atoms with van der Waals surface area (Å²) in [5.41, 5.74) is 0. The quantitative estimate of drug-likeness (QED) is 0.596. The third kappa shape index (κ3) is 4.42. The highest BCUT2D eigenvalue weighted by atomic mass is 32.2. The van der Waals surface area contributed by atoms with Gasteiger partial charge in [0.15, 0.2) is 5.96 Å². The average molecular weight is 346 g/mol. The van der Waals surface area contributed by atoms with Gasteiger partial charge in [-0.3, -0.25) is 4.99 Å². The first-order valence-corrected chi connectivity index (χ1v) is 9.36. The van der Waals surface area contributed by atoms with E-state index in [1.54, 1.807) is 20.2 Å². The van der Waals surface area contributed by atoms with Crippen molar-refractivity contribution in [3.8, 4) is 0 Å². The molecule has 0 bridgehead atoms. The SMILES string of the molecule is CN=C(NCc1ccc(S(N)(=O)=O)s1)N1CCC(COC)C1. The molecule has 0 radical (unpaired) electrons. The zero-order chi connectivity index (χ0) is 16.2. The second-order valence-corrected chi connectivity index (χ2v) is 8.18. The summed E-state index contributed by atoms with van der Waals surface area (Å²) in [6.45, 7) is 3.15. The molecule has 22 heavy (non-hydrogen) atoms. The number of likely N-dealkylation sites (tertiary alicyclic amines) is 1. The number of nitrogens with two attached hydrogens (primary N) is 1. The van der Waals surface area contributed by atoms with Crippen molar-refractivity contribution >= 4 is 27.3 Å². The fourth-order valence-electron chi connectivity index (χ4n) is 2.50. The van der Waals surface area contributed by atoms with Gasteiger partial charge >= 0.3 is 0 Å². The van der Waals surface area contributed by atoms with Crippen LogP contribution in [0.5, 0.6) is 0 Å². The molecule has 7 nitrogen and oxygen atoms in total. The number of thiophene rings is 1. The van der Waals surface area contributed by atoms with E-state index in [0.717, 1.165) is 37.0 Å². The second-order valence-electron chi connectivity index (χ2n) is 5.22. The van der Waals surface area contributed by atoms with E-state index in [9.17, 15) is 8.42 Å². The van der Waals surface area contributed by atoms with Gasteiger partial charge < -0.3 is 15.0 Å². The highest BCUT2D eigenvalue weighted by molar-refractivity contribution is 7.91.